The van der Waals surface area contributed by atoms with Crippen molar-refractivity contribution >= 4 is 11.9 Å². The predicted octanol–water partition coefficient (Wildman–Crippen LogP) is 5.03. The molecule has 0 aliphatic heterocycles. The van der Waals surface area contributed by atoms with Gasteiger partial charge in [-0.05, 0) is 41.5 Å². The Balaban J connectivity index is 1.72. The smallest absolute Gasteiger partial charge is 0.189 e. The van der Waals surface area contributed by atoms with Gasteiger partial charge in [0.1, 0.15) is 12.4 Å². The van der Waals surface area contributed by atoms with Crippen LogP contribution in [-0.2, 0) is 6.61 Å². The first-order valence-corrected chi connectivity index (χ1v) is 8.24. The molecule has 0 aliphatic rings. The molecule has 0 aliphatic carbocycles. The average molecular weight is 339 g/mol. The highest BCUT2D eigenvalue weighted by atomic mass is 16.5. The van der Waals surface area contributed by atoms with E-state index in [2.05, 4.69) is 6.07 Å². The Labute approximate surface area is 152 Å². The van der Waals surface area contributed by atoms with Crippen LogP contribution in [0.5, 0.6) is 5.75 Å². The van der Waals surface area contributed by atoms with Crippen molar-refractivity contribution < 1.29 is 9.53 Å². The van der Waals surface area contributed by atoms with Crippen LogP contribution in [0, 0.1) is 11.3 Å². The topological polar surface area (TPSA) is 50.1 Å². The Morgan fingerprint density at radius 2 is 1.62 bits per heavy atom. The molecule has 3 heteroatoms. The highest BCUT2D eigenvalue weighted by Crippen LogP contribution is 2.21. The first-order valence-electron chi connectivity index (χ1n) is 8.24. The number of rotatable bonds is 6. The lowest BCUT2D eigenvalue weighted by Crippen LogP contribution is -2.02. The summed E-state index contributed by atoms with van der Waals surface area (Å²) in [6.45, 7) is 0.407. The third-order valence-corrected chi connectivity index (χ3v) is 3.86. The largest absolute Gasteiger partial charge is 0.488 e. The third kappa shape index (κ3) is 4.46. The number of para-hydroxylation sites is 1. The van der Waals surface area contributed by atoms with E-state index in [-0.39, 0.29) is 5.78 Å². The molecule has 3 aromatic rings. The maximum atomic E-state index is 12.6. The molecule has 0 aromatic heterocycles. The zero-order valence-electron chi connectivity index (χ0n) is 14.1. The monoisotopic (exact) mass is 339 g/mol. The number of carbonyl (C=O) groups is 1. The highest BCUT2D eigenvalue weighted by molar-refractivity contribution is 6.08. The number of carbonyl (C=O) groups excluding carboxylic acids is 1. The van der Waals surface area contributed by atoms with Gasteiger partial charge in [-0.2, -0.15) is 5.26 Å². The van der Waals surface area contributed by atoms with Crippen molar-refractivity contribution in [3.63, 3.8) is 0 Å². The van der Waals surface area contributed by atoms with E-state index < -0.39 is 0 Å². The molecular formula is C23H17NO2. The van der Waals surface area contributed by atoms with E-state index in [0.717, 1.165) is 11.1 Å². The molecule has 0 amide bonds. The lowest BCUT2D eigenvalue weighted by Gasteiger charge is -2.09. The standard InChI is InChI=1S/C23H17NO2/c24-16-19-12-10-18(11-13-19)14-15-22(25)21-8-4-5-9-23(21)26-17-20-6-2-1-3-7-20/h1-15H,17H2/b15-14-. The number of ether oxygens (including phenoxy) is 1. The fraction of sp³-hybridized carbons (Fsp3) is 0.0435. The van der Waals surface area contributed by atoms with Crippen LogP contribution in [0.2, 0.25) is 0 Å². The minimum Gasteiger partial charge on any atom is -0.488 e. The summed E-state index contributed by atoms with van der Waals surface area (Å²) < 4.78 is 5.84. The molecule has 3 rings (SSSR count). The molecule has 0 heterocycles. The lowest BCUT2D eigenvalue weighted by molar-refractivity contribution is 0.104. The number of benzene rings is 3. The van der Waals surface area contributed by atoms with Gasteiger partial charge in [-0.1, -0.05) is 60.7 Å². The summed E-state index contributed by atoms with van der Waals surface area (Å²) in [4.78, 5) is 12.6. The Hall–Kier alpha value is -3.64. The maximum absolute atomic E-state index is 12.6. The summed E-state index contributed by atoms with van der Waals surface area (Å²) in [6, 6.07) is 26.2. The molecule has 3 aromatic carbocycles. The number of hydrogen-bond donors (Lipinski definition) is 0. The van der Waals surface area contributed by atoms with Crippen LogP contribution in [-0.4, -0.2) is 5.78 Å². The van der Waals surface area contributed by atoms with E-state index in [4.69, 9.17) is 10.00 Å². The van der Waals surface area contributed by atoms with Crippen LogP contribution >= 0.6 is 0 Å². The summed E-state index contributed by atoms with van der Waals surface area (Å²) in [7, 11) is 0. The van der Waals surface area contributed by atoms with Crippen LogP contribution in [0.4, 0.5) is 0 Å². The molecule has 0 radical (unpaired) electrons. The zero-order chi connectivity index (χ0) is 18.2. The summed E-state index contributed by atoms with van der Waals surface area (Å²) >= 11 is 0. The molecular weight excluding hydrogens is 322 g/mol. The van der Waals surface area contributed by atoms with Crippen LogP contribution in [0.15, 0.2) is 84.9 Å². The van der Waals surface area contributed by atoms with Gasteiger partial charge in [0.05, 0.1) is 17.2 Å². The summed E-state index contributed by atoms with van der Waals surface area (Å²) in [5.41, 5.74) is 3.02. The molecule has 0 saturated heterocycles. The van der Waals surface area contributed by atoms with Gasteiger partial charge < -0.3 is 4.74 Å². The van der Waals surface area contributed by atoms with Gasteiger partial charge >= 0.3 is 0 Å². The second kappa shape index (κ2) is 8.46. The first kappa shape index (κ1) is 17.2. The minimum absolute atomic E-state index is 0.127. The SMILES string of the molecule is N#Cc1ccc(/C=C\C(=O)c2ccccc2OCc2ccccc2)cc1. The molecule has 0 unspecified atom stereocenters. The highest BCUT2D eigenvalue weighted by Gasteiger charge is 2.09. The molecule has 0 atom stereocenters. The van der Waals surface area contributed by atoms with Gasteiger partial charge in [0.15, 0.2) is 5.78 Å². The van der Waals surface area contributed by atoms with E-state index >= 15 is 0 Å². The lowest BCUT2D eigenvalue weighted by atomic mass is 10.1. The van der Waals surface area contributed by atoms with E-state index in [0.29, 0.717) is 23.5 Å². The van der Waals surface area contributed by atoms with Crippen LogP contribution in [0.25, 0.3) is 6.08 Å². The molecule has 0 saturated carbocycles. The molecule has 26 heavy (non-hydrogen) atoms. The minimum atomic E-state index is -0.127. The summed E-state index contributed by atoms with van der Waals surface area (Å²) in [5, 5.41) is 8.82. The van der Waals surface area contributed by atoms with Gasteiger partial charge in [0.25, 0.3) is 0 Å². The van der Waals surface area contributed by atoms with Crippen LogP contribution in [0.3, 0.4) is 0 Å². The molecule has 0 spiro atoms. The van der Waals surface area contributed by atoms with Crippen molar-refractivity contribution in [3.05, 3.63) is 107 Å². The Bertz CT molecular complexity index is 952. The Morgan fingerprint density at radius 3 is 2.35 bits per heavy atom. The van der Waals surface area contributed by atoms with Crippen molar-refractivity contribution in [2.45, 2.75) is 6.61 Å². The van der Waals surface area contributed by atoms with Crippen molar-refractivity contribution in [1.29, 1.82) is 5.26 Å². The quantitative estimate of drug-likeness (QED) is 0.467. The van der Waals surface area contributed by atoms with Gasteiger partial charge in [0, 0.05) is 0 Å². The normalized spacial score (nSPS) is 10.4. The Morgan fingerprint density at radius 1 is 0.923 bits per heavy atom. The molecule has 3 nitrogen and oxygen atoms in total. The fourth-order valence-corrected chi connectivity index (χ4v) is 2.46. The maximum Gasteiger partial charge on any atom is 0.189 e. The number of nitriles is 1. The number of ketones is 1. The zero-order valence-corrected chi connectivity index (χ0v) is 14.1. The molecule has 0 bridgehead atoms. The summed E-state index contributed by atoms with van der Waals surface area (Å²) in [5.74, 6) is 0.434. The van der Waals surface area contributed by atoms with Crippen molar-refractivity contribution in [1.82, 2.24) is 0 Å². The summed E-state index contributed by atoms with van der Waals surface area (Å²) in [6.07, 6.45) is 3.25. The van der Waals surface area contributed by atoms with Crippen molar-refractivity contribution in [2.24, 2.45) is 0 Å². The van der Waals surface area contributed by atoms with Gasteiger partial charge in [-0.25, -0.2) is 0 Å². The second-order valence-corrected chi connectivity index (χ2v) is 5.70. The molecule has 0 N–H and O–H groups in total. The van der Waals surface area contributed by atoms with Crippen LogP contribution in [0.1, 0.15) is 27.0 Å². The Kier molecular flexibility index (Phi) is 5.59. The predicted molar refractivity (Wildman–Crippen MR) is 102 cm³/mol. The van der Waals surface area contributed by atoms with Crippen molar-refractivity contribution in [3.8, 4) is 11.8 Å². The van der Waals surface area contributed by atoms with Gasteiger partial charge in [0.2, 0.25) is 0 Å². The fourth-order valence-electron chi connectivity index (χ4n) is 2.46. The van der Waals surface area contributed by atoms with Crippen molar-refractivity contribution in [2.75, 3.05) is 0 Å². The average Bonchev–Trinajstić information content (AvgIpc) is 2.72. The third-order valence-electron chi connectivity index (χ3n) is 3.86. The van der Waals surface area contributed by atoms with E-state index in [1.165, 1.54) is 6.08 Å². The van der Waals surface area contributed by atoms with Gasteiger partial charge in [-0.15, -0.1) is 0 Å². The molecule has 0 fully saturated rings. The molecule has 126 valence electrons. The van der Waals surface area contributed by atoms with E-state index in [1.807, 2.05) is 42.5 Å². The number of allylic oxidation sites excluding steroid dienone is 1. The number of nitrogens with zero attached hydrogens (tertiary/aromatic N) is 1. The number of hydrogen-bond acceptors (Lipinski definition) is 3. The van der Waals surface area contributed by atoms with E-state index in [9.17, 15) is 4.79 Å². The second-order valence-electron chi connectivity index (χ2n) is 5.70. The van der Waals surface area contributed by atoms with Gasteiger partial charge in [-0.3, -0.25) is 4.79 Å². The first-order chi connectivity index (χ1) is 12.8. The van der Waals surface area contributed by atoms with E-state index in [1.54, 1.807) is 42.5 Å². The van der Waals surface area contributed by atoms with Crippen LogP contribution < -0.4 is 4.74 Å².